The minimum atomic E-state index is -0.436. The molecule has 1 atom stereocenters. The summed E-state index contributed by atoms with van der Waals surface area (Å²) in [6.07, 6.45) is 3.25. The van der Waals surface area contributed by atoms with Gasteiger partial charge in [0, 0.05) is 37.8 Å². The maximum Gasteiger partial charge on any atom is 0.145 e. The van der Waals surface area contributed by atoms with Gasteiger partial charge in [0.25, 0.3) is 0 Å². The number of rotatable bonds is 4. The molecule has 1 aromatic carbocycles. The second-order valence-electron chi connectivity index (χ2n) is 5.74. The van der Waals surface area contributed by atoms with Gasteiger partial charge in [-0.15, -0.1) is 12.4 Å². The minimum absolute atomic E-state index is 0. The van der Waals surface area contributed by atoms with Crippen LogP contribution in [-0.2, 0) is 0 Å². The molecule has 21 heavy (non-hydrogen) atoms. The lowest BCUT2D eigenvalue weighted by molar-refractivity contribution is 0.154. The molecule has 1 aliphatic heterocycles. The van der Waals surface area contributed by atoms with Gasteiger partial charge in [0.1, 0.15) is 11.6 Å². The standard InChI is InChI=1S/C15H19BrF2N2.ClH/c16-11-3-4-12(17)14(15(11)18)13(9-10-1-2-10)20-7-5-19-6-8-20;/h3-4,10,13,19H,1-2,5-9H2;1H/t13-;/m1./s1. The Kier molecular flexibility index (Phi) is 6.00. The fraction of sp³-hybridized carbons (Fsp3) is 0.600. The van der Waals surface area contributed by atoms with E-state index in [-0.39, 0.29) is 24.0 Å². The Bertz CT molecular complexity index is 491. The molecule has 0 spiro atoms. The third-order valence-electron chi connectivity index (χ3n) is 4.26. The molecule has 1 N–H and O–H groups in total. The summed E-state index contributed by atoms with van der Waals surface area (Å²) in [7, 11) is 0. The third-order valence-corrected chi connectivity index (χ3v) is 4.87. The number of benzene rings is 1. The van der Waals surface area contributed by atoms with Crippen molar-refractivity contribution in [1.29, 1.82) is 0 Å². The van der Waals surface area contributed by atoms with Crippen molar-refractivity contribution in [1.82, 2.24) is 10.2 Å². The first-order chi connectivity index (χ1) is 9.66. The molecule has 1 aliphatic carbocycles. The maximum absolute atomic E-state index is 14.4. The van der Waals surface area contributed by atoms with E-state index in [1.807, 2.05) is 0 Å². The Hall–Kier alpha value is -0.230. The number of halogens is 4. The van der Waals surface area contributed by atoms with Crippen LogP contribution >= 0.6 is 28.3 Å². The largest absolute Gasteiger partial charge is 0.314 e. The molecule has 2 aliphatic rings. The summed E-state index contributed by atoms with van der Waals surface area (Å²) < 4.78 is 29.0. The number of nitrogens with zero attached hydrogens (tertiary/aromatic N) is 1. The predicted octanol–water partition coefficient (Wildman–Crippen LogP) is 3.90. The van der Waals surface area contributed by atoms with Crippen LogP contribution in [0.15, 0.2) is 16.6 Å². The molecule has 2 nitrogen and oxygen atoms in total. The molecule has 0 bridgehead atoms. The third kappa shape index (κ3) is 3.95. The van der Waals surface area contributed by atoms with Crippen molar-refractivity contribution in [2.24, 2.45) is 5.92 Å². The summed E-state index contributed by atoms with van der Waals surface area (Å²) in [5.74, 6) is -0.225. The number of piperazine rings is 1. The number of hydrogen-bond donors (Lipinski definition) is 1. The van der Waals surface area contributed by atoms with E-state index in [9.17, 15) is 8.78 Å². The Morgan fingerprint density at radius 3 is 2.52 bits per heavy atom. The van der Waals surface area contributed by atoms with Crippen molar-refractivity contribution in [3.05, 3.63) is 33.8 Å². The lowest BCUT2D eigenvalue weighted by Gasteiger charge is -2.35. The SMILES string of the molecule is Cl.Fc1ccc(Br)c(F)c1[C@@H](CC1CC1)N1CCNCC1. The van der Waals surface area contributed by atoms with Gasteiger partial charge in [0.05, 0.1) is 4.47 Å². The summed E-state index contributed by atoms with van der Waals surface area (Å²) in [5, 5.41) is 3.29. The van der Waals surface area contributed by atoms with Crippen LogP contribution in [0.4, 0.5) is 8.78 Å². The maximum atomic E-state index is 14.4. The molecule has 0 aromatic heterocycles. The highest BCUT2D eigenvalue weighted by Crippen LogP contribution is 2.42. The molecule has 0 amide bonds. The van der Waals surface area contributed by atoms with Gasteiger partial charge >= 0.3 is 0 Å². The van der Waals surface area contributed by atoms with E-state index in [2.05, 4.69) is 26.1 Å². The molecule has 118 valence electrons. The molecule has 1 heterocycles. The van der Waals surface area contributed by atoms with E-state index in [1.165, 1.54) is 25.0 Å². The van der Waals surface area contributed by atoms with Gasteiger partial charge in [-0.3, -0.25) is 4.90 Å². The van der Waals surface area contributed by atoms with Crippen molar-refractivity contribution >= 4 is 28.3 Å². The summed E-state index contributed by atoms with van der Waals surface area (Å²) in [4.78, 5) is 2.22. The zero-order valence-corrected chi connectivity index (χ0v) is 14.2. The first-order valence-corrected chi connectivity index (χ1v) is 8.04. The molecule has 0 radical (unpaired) electrons. The van der Waals surface area contributed by atoms with Crippen molar-refractivity contribution in [3.63, 3.8) is 0 Å². The second kappa shape index (κ2) is 7.36. The van der Waals surface area contributed by atoms with Crippen LogP contribution < -0.4 is 5.32 Å². The molecular formula is C15H20BrClF2N2. The molecule has 1 aromatic rings. The highest BCUT2D eigenvalue weighted by atomic mass is 79.9. The topological polar surface area (TPSA) is 15.3 Å². The normalized spacial score (nSPS) is 20.9. The van der Waals surface area contributed by atoms with Crippen molar-refractivity contribution in [2.75, 3.05) is 26.2 Å². The average molecular weight is 382 g/mol. The van der Waals surface area contributed by atoms with E-state index in [0.29, 0.717) is 10.4 Å². The van der Waals surface area contributed by atoms with Gasteiger partial charge < -0.3 is 5.32 Å². The van der Waals surface area contributed by atoms with Crippen molar-refractivity contribution in [3.8, 4) is 0 Å². The fourth-order valence-corrected chi connectivity index (χ4v) is 3.31. The van der Waals surface area contributed by atoms with Gasteiger partial charge in [0.2, 0.25) is 0 Å². The number of hydrogen-bond acceptors (Lipinski definition) is 2. The van der Waals surface area contributed by atoms with Gasteiger partial charge in [-0.25, -0.2) is 8.78 Å². The zero-order valence-electron chi connectivity index (χ0n) is 11.7. The molecule has 1 saturated heterocycles. The van der Waals surface area contributed by atoms with Crippen LogP contribution in [0.3, 0.4) is 0 Å². The highest BCUT2D eigenvalue weighted by Gasteiger charge is 2.33. The molecule has 1 saturated carbocycles. The lowest BCUT2D eigenvalue weighted by Crippen LogP contribution is -2.45. The Morgan fingerprint density at radius 2 is 1.90 bits per heavy atom. The quantitative estimate of drug-likeness (QED) is 0.796. The molecular weight excluding hydrogens is 362 g/mol. The van der Waals surface area contributed by atoms with E-state index in [1.54, 1.807) is 0 Å². The predicted molar refractivity (Wildman–Crippen MR) is 85.8 cm³/mol. The van der Waals surface area contributed by atoms with Crippen molar-refractivity contribution in [2.45, 2.75) is 25.3 Å². The Morgan fingerprint density at radius 1 is 1.24 bits per heavy atom. The number of nitrogens with one attached hydrogen (secondary N) is 1. The van der Waals surface area contributed by atoms with Crippen LogP contribution in [0.5, 0.6) is 0 Å². The molecule has 2 fully saturated rings. The summed E-state index contributed by atoms with van der Waals surface area (Å²) in [6.45, 7) is 3.47. The summed E-state index contributed by atoms with van der Waals surface area (Å²) in [6, 6.07) is 2.67. The van der Waals surface area contributed by atoms with Gasteiger partial charge in [-0.2, -0.15) is 0 Å². The highest BCUT2D eigenvalue weighted by molar-refractivity contribution is 9.10. The van der Waals surface area contributed by atoms with Gasteiger partial charge in [0.15, 0.2) is 0 Å². The minimum Gasteiger partial charge on any atom is -0.314 e. The first kappa shape index (κ1) is 17.1. The monoisotopic (exact) mass is 380 g/mol. The Labute approximate surface area is 138 Å². The van der Waals surface area contributed by atoms with Crippen LogP contribution in [-0.4, -0.2) is 31.1 Å². The summed E-state index contributed by atoms with van der Waals surface area (Å²) >= 11 is 3.18. The van der Waals surface area contributed by atoms with Gasteiger partial charge in [-0.1, -0.05) is 12.8 Å². The Balaban J connectivity index is 0.00000161. The van der Waals surface area contributed by atoms with E-state index in [0.717, 1.165) is 32.6 Å². The fourth-order valence-electron chi connectivity index (χ4n) is 2.96. The van der Waals surface area contributed by atoms with Crippen LogP contribution in [0.1, 0.15) is 30.9 Å². The molecule has 3 rings (SSSR count). The van der Waals surface area contributed by atoms with E-state index >= 15 is 0 Å². The van der Waals surface area contributed by atoms with Crippen LogP contribution in [0.25, 0.3) is 0 Å². The summed E-state index contributed by atoms with van der Waals surface area (Å²) in [5.41, 5.74) is 0.244. The lowest BCUT2D eigenvalue weighted by atomic mass is 9.97. The van der Waals surface area contributed by atoms with E-state index < -0.39 is 11.6 Å². The zero-order chi connectivity index (χ0) is 14.1. The van der Waals surface area contributed by atoms with Crippen molar-refractivity contribution < 1.29 is 8.78 Å². The van der Waals surface area contributed by atoms with Gasteiger partial charge in [-0.05, 0) is 40.4 Å². The average Bonchev–Trinajstić information content (AvgIpc) is 3.27. The smallest absolute Gasteiger partial charge is 0.145 e. The van der Waals surface area contributed by atoms with E-state index in [4.69, 9.17) is 0 Å². The van der Waals surface area contributed by atoms with Crippen LogP contribution in [0.2, 0.25) is 0 Å². The molecule has 0 unspecified atom stereocenters. The first-order valence-electron chi connectivity index (χ1n) is 7.25. The second-order valence-corrected chi connectivity index (χ2v) is 6.59. The molecule has 6 heteroatoms. The van der Waals surface area contributed by atoms with Crippen LogP contribution in [0, 0.1) is 17.6 Å².